The van der Waals surface area contributed by atoms with Crippen LogP contribution in [0.25, 0.3) is 0 Å². The standard InChI is InChI=1S/C8H11NO2/c1-3-6(2)4-7(5-9)8(10)11/h4,6H,3H2,1-2H3,(H,10,11)/b7-4-. The number of carboxylic acid groups (broad SMARTS) is 1. The third-order valence-electron chi connectivity index (χ3n) is 1.45. The predicted molar refractivity (Wildman–Crippen MR) is 40.8 cm³/mol. The van der Waals surface area contributed by atoms with Gasteiger partial charge in [0.05, 0.1) is 0 Å². The van der Waals surface area contributed by atoms with Gasteiger partial charge in [0.2, 0.25) is 0 Å². The van der Waals surface area contributed by atoms with Crippen molar-refractivity contribution in [2.75, 3.05) is 0 Å². The molecular formula is C8H11NO2. The monoisotopic (exact) mass is 153 g/mol. The Hall–Kier alpha value is -1.30. The van der Waals surface area contributed by atoms with E-state index in [9.17, 15) is 4.79 Å². The van der Waals surface area contributed by atoms with Crippen molar-refractivity contribution in [3.63, 3.8) is 0 Å². The molecule has 0 radical (unpaired) electrons. The van der Waals surface area contributed by atoms with E-state index >= 15 is 0 Å². The zero-order chi connectivity index (χ0) is 8.85. The summed E-state index contributed by atoms with van der Waals surface area (Å²) in [5.74, 6) is -0.992. The highest BCUT2D eigenvalue weighted by Gasteiger charge is 2.06. The van der Waals surface area contributed by atoms with E-state index in [2.05, 4.69) is 0 Å². The predicted octanol–water partition coefficient (Wildman–Crippen LogP) is 1.57. The summed E-state index contributed by atoms with van der Waals surface area (Å²) >= 11 is 0. The Labute approximate surface area is 66.0 Å². The molecule has 60 valence electrons. The van der Waals surface area contributed by atoms with E-state index in [1.165, 1.54) is 6.08 Å². The maximum absolute atomic E-state index is 10.3. The summed E-state index contributed by atoms with van der Waals surface area (Å²) in [6.45, 7) is 3.82. The lowest BCUT2D eigenvalue weighted by Gasteiger charge is -1.99. The van der Waals surface area contributed by atoms with Crippen LogP contribution in [-0.2, 0) is 4.79 Å². The molecule has 0 saturated heterocycles. The van der Waals surface area contributed by atoms with Crippen molar-refractivity contribution in [1.82, 2.24) is 0 Å². The first-order chi connectivity index (χ1) is 5.11. The Morgan fingerprint density at radius 2 is 2.36 bits per heavy atom. The van der Waals surface area contributed by atoms with Crippen LogP contribution < -0.4 is 0 Å². The summed E-state index contributed by atoms with van der Waals surface area (Å²) < 4.78 is 0. The van der Waals surface area contributed by atoms with Gasteiger partial charge in [0.15, 0.2) is 0 Å². The number of nitrogens with zero attached hydrogens (tertiary/aromatic N) is 1. The van der Waals surface area contributed by atoms with Crippen molar-refractivity contribution < 1.29 is 9.90 Å². The average molecular weight is 153 g/mol. The van der Waals surface area contributed by atoms with Gasteiger partial charge in [-0.25, -0.2) is 4.79 Å². The zero-order valence-electron chi connectivity index (χ0n) is 6.66. The molecular weight excluding hydrogens is 142 g/mol. The fourth-order valence-corrected chi connectivity index (χ4v) is 0.559. The molecule has 1 unspecified atom stereocenters. The van der Waals surface area contributed by atoms with E-state index in [4.69, 9.17) is 10.4 Å². The van der Waals surface area contributed by atoms with E-state index in [0.717, 1.165) is 6.42 Å². The van der Waals surface area contributed by atoms with Gasteiger partial charge in [-0.3, -0.25) is 0 Å². The van der Waals surface area contributed by atoms with E-state index in [1.54, 1.807) is 6.07 Å². The van der Waals surface area contributed by atoms with Gasteiger partial charge >= 0.3 is 5.97 Å². The number of allylic oxidation sites excluding steroid dienone is 1. The molecule has 0 amide bonds. The lowest BCUT2D eigenvalue weighted by Crippen LogP contribution is -2.00. The first-order valence-electron chi connectivity index (χ1n) is 3.47. The number of hydrogen-bond acceptors (Lipinski definition) is 2. The number of carbonyl (C=O) groups is 1. The molecule has 0 aliphatic rings. The first kappa shape index (κ1) is 9.70. The highest BCUT2D eigenvalue weighted by atomic mass is 16.4. The summed E-state index contributed by atoms with van der Waals surface area (Å²) in [6, 6.07) is 1.63. The van der Waals surface area contributed by atoms with Crippen LogP contribution in [0.5, 0.6) is 0 Å². The zero-order valence-corrected chi connectivity index (χ0v) is 6.66. The van der Waals surface area contributed by atoms with E-state index in [1.807, 2.05) is 13.8 Å². The molecule has 0 aromatic carbocycles. The fraction of sp³-hybridized carbons (Fsp3) is 0.500. The molecule has 0 heterocycles. The lowest BCUT2D eigenvalue weighted by atomic mass is 10.1. The van der Waals surface area contributed by atoms with Crippen LogP contribution in [0, 0.1) is 17.2 Å². The van der Waals surface area contributed by atoms with Crippen molar-refractivity contribution in [3.8, 4) is 6.07 Å². The van der Waals surface area contributed by atoms with Crippen molar-refractivity contribution in [2.24, 2.45) is 5.92 Å². The molecule has 1 N–H and O–H groups in total. The quantitative estimate of drug-likeness (QED) is 0.494. The summed E-state index contributed by atoms with van der Waals surface area (Å²) in [6.07, 6.45) is 2.32. The molecule has 0 rings (SSSR count). The van der Waals surface area contributed by atoms with Crippen LogP contribution in [0.2, 0.25) is 0 Å². The van der Waals surface area contributed by atoms with Crippen molar-refractivity contribution in [3.05, 3.63) is 11.6 Å². The van der Waals surface area contributed by atoms with Gasteiger partial charge in [0, 0.05) is 0 Å². The largest absolute Gasteiger partial charge is 0.477 e. The number of rotatable bonds is 3. The molecule has 0 fully saturated rings. The Morgan fingerprint density at radius 1 is 1.82 bits per heavy atom. The number of aliphatic carboxylic acids is 1. The molecule has 0 saturated carbocycles. The second kappa shape index (κ2) is 4.51. The van der Waals surface area contributed by atoms with Crippen LogP contribution in [0.3, 0.4) is 0 Å². The van der Waals surface area contributed by atoms with E-state index in [0.29, 0.717) is 0 Å². The van der Waals surface area contributed by atoms with Gasteiger partial charge in [-0.15, -0.1) is 0 Å². The molecule has 3 nitrogen and oxygen atoms in total. The van der Waals surface area contributed by atoms with Gasteiger partial charge in [-0.1, -0.05) is 26.3 Å². The highest BCUT2D eigenvalue weighted by molar-refractivity contribution is 5.90. The number of carboxylic acids is 1. The molecule has 3 heteroatoms. The Morgan fingerprint density at radius 3 is 2.64 bits per heavy atom. The van der Waals surface area contributed by atoms with Crippen molar-refractivity contribution in [1.29, 1.82) is 5.26 Å². The van der Waals surface area contributed by atoms with Gasteiger partial charge in [0.25, 0.3) is 0 Å². The Bertz CT molecular complexity index is 213. The third kappa shape index (κ3) is 3.41. The highest BCUT2D eigenvalue weighted by Crippen LogP contribution is 2.06. The molecule has 0 aliphatic heterocycles. The van der Waals surface area contributed by atoms with Crippen LogP contribution in [0.1, 0.15) is 20.3 Å². The van der Waals surface area contributed by atoms with Crippen LogP contribution in [-0.4, -0.2) is 11.1 Å². The molecule has 11 heavy (non-hydrogen) atoms. The summed E-state index contributed by atoms with van der Waals surface area (Å²) in [4.78, 5) is 10.3. The average Bonchev–Trinajstić information content (AvgIpc) is 1.99. The van der Waals surface area contributed by atoms with Gasteiger partial charge in [0.1, 0.15) is 11.6 Å². The van der Waals surface area contributed by atoms with Crippen molar-refractivity contribution in [2.45, 2.75) is 20.3 Å². The number of hydrogen-bond donors (Lipinski definition) is 1. The first-order valence-corrected chi connectivity index (χ1v) is 3.47. The van der Waals surface area contributed by atoms with Gasteiger partial charge < -0.3 is 5.11 Å². The second-order valence-electron chi connectivity index (χ2n) is 2.38. The minimum atomic E-state index is -1.15. The minimum absolute atomic E-state index is 0.153. The number of nitriles is 1. The van der Waals surface area contributed by atoms with Crippen LogP contribution in [0.4, 0.5) is 0 Å². The Balaban J connectivity index is 4.39. The summed E-state index contributed by atoms with van der Waals surface area (Å²) in [5, 5.41) is 16.8. The van der Waals surface area contributed by atoms with Gasteiger partial charge in [-0.2, -0.15) is 5.26 Å². The van der Waals surface area contributed by atoms with E-state index < -0.39 is 5.97 Å². The fourth-order valence-electron chi connectivity index (χ4n) is 0.559. The van der Waals surface area contributed by atoms with E-state index in [-0.39, 0.29) is 11.5 Å². The summed E-state index contributed by atoms with van der Waals surface area (Å²) in [7, 11) is 0. The topological polar surface area (TPSA) is 61.1 Å². The SMILES string of the molecule is CCC(C)/C=C(/C#N)C(=O)O. The molecule has 0 bridgehead atoms. The maximum atomic E-state index is 10.3. The minimum Gasteiger partial charge on any atom is -0.477 e. The smallest absolute Gasteiger partial charge is 0.346 e. The second-order valence-corrected chi connectivity index (χ2v) is 2.38. The lowest BCUT2D eigenvalue weighted by molar-refractivity contribution is -0.132. The molecule has 0 aromatic heterocycles. The Kier molecular flexibility index (Phi) is 3.97. The molecule has 0 aliphatic carbocycles. The van der Waals surface area contributed by atoms with Gasteiger partial charge in [-0.05, 0) is 5.92 Å². The van der Waals surface area contributed by atoms with Crippen LogP contribution >= 0.6 is 0 Å². The normalized spacial score (nSPS) is 13.7. The van der Waals surface area contributed by atoms with Crippen molar-refractivity contribution >= 4 is 5.97 Å². The maximum Gasteiger partial charge on any atom is 0.346 e. The summed E-state index contributed by atoms with van der Waals surface area (Å²) in [5.41, 5.74) is -0.167. The molecule has 1 atom stereocenters. The molecule has 0 spiro atoms. The van der Waals surface area contributed by atoms with Crippen LogP contribution in [0.15, 0.2) is 11.6 Å². The third-order valence-corrected chi connectivity index (χ3v) is 1.45. The molecule has 0 aromatic rings.